The van der Waals surface area contributed by atoms with E-state index in [4.69, 9.17) is 0 Å². The van der Waals surface area contributed by atoms with Crippen molar-refractivity contribution in [2.24, 2.45) is 0 Å². The third kappa shape index (κ3) is 3.32. The van der Waals surface area contributed by atoms with Gasteiger partial charge in [-0.25, -0.2) is 4.98 Å². The monoisotopic (exact) mass is 261 g/mol. The molecule has 1 aromatic heterocycles. The molecule has 1 heterocycles. The number of fused-ring (bicyclic) bond motifs is 1. The fourth-order valence-electron chi connectivity index (χ4n) is 2.04. The summed E-state index contributed by atoms with van der Waals surface area (Å²) < 4.78 is 0. The summed E-state index contributed by atoms with van der Waals surface area (Å²) >= 11 is 0. The van der Waals surface area contributed by atoms with Crippen LogP contribution in [0, 0.1) is 0 Å². The molecule has 5 nitrogen and oxygen atoms in total. The molecule has 0 spiro atoms. The highest BCUT2D eigenvalue weighted by atomic mass is 16.3. The van der Waals surface area contributed by atoms with Crippen molar-refractivity contribution >= 4 is 16.9 Å². The van der Waals surface area contributed by atoms with Crippen molar-refractivity contribution in [2.45, 2.75) is 25.9 Å². The van der Waals surface area contributed by atoms with Gasteiger partial charge in [-0.3, -0.25) is 4.79 Å². The summed E-state index contributed by atoms with van der Waals surface area (Å²) in [7, 11) is 1.70. The lowest BCUT2D eigenvalue weighted by Gasteiger charge is -2.18. The van der Waals surface area contributed by atoms with Crippen LogP contribution in [0.3, 0.4) is 0 Å². The van der Waals surface area contributed by atoms with Gasteiger partial charge in [0.25, 0.3) is 5.91 Å². The molecule has 0 saturated carbocycles. The van der Waals surface area contributed by atoms with Gasteiger partial charge in [-0.15, -0.1) is 0 Å². The number of amides is 1. The molecule has 2 N–H and O–H groups in total. The van der Waals surface area contributed by atoms with E-state index in [0.717, 1.165) is 29.7 Å². The third-order valence-electron chi connectivity index (χ3n) is 3.08. The lowest BCUT2D eigenvalue weighted by Crippen LogP contribution is -2.35. The minimum Gasteiger partial charge on any atom is -0.384 e. The van der Waals surface area contributed by atoms with Gasteiger partial charge in [0.05, 0.1) is 11.0 Å². The first kappa shape index (κ1) is 13.5. The maximum Gasteiger partial charge on any atom is 0.250 e. The minimum atomic E-state index is -0.934. The molecule has 1 atom stereocenters. The Labute approximate surface area is 112 Å². The average molecular weight is 261 g/mol. The van der Waals surface area contributed by atoms with Crippen molar-refractivity contribution in [3.63, 3.8) is 0 Å². The van der Waals surface area contributed by atoms with Crippen LogP contribution >= 0.6 is 0 Å². The number of hydrogen-bond acceptors (Lipinski definition) is 3. The van der Waals surface area contributed by atoms with Crippen molar-refractivity contribution in [3.05, 3.63) is 30.1 Å². The Kier molecular flexibility index (Phi) is 4.16. The molecule has 1 amide bonds. The summed E-state index contributed by atoms with van der Waals surface area (Å²) in [4.78, 5) is 20.8. The van der Waals surface area contributed by atoms with Crippen LogP contribution in [0.4, 0.5) is 0 Å². The average Bonchev–Trinajstić information content (AvgIpc) is 2.80. The molecule has 19 heavy (non-hydrogen) atoms. The summed E-state index contributed by atoms with van der Waals surface area (Å²) in [5.74, 6) is 0.684. The molecular formula is C14H19N3O2. The Balaban J connectivity index is 1.87. The van der Waals surface area contributed by atoms with Gasteiger partial charge in [0.2, 0.25) is 0 Å². The second-order valence-corrected chi connectivity index (χ2v) is 4.74. The number of nitrogens with zero attached hydrogens (tertiary/aromatic N) is 2. The van der Waals surface area contributed by atoms with E-state index in [-0.39, 0.29) is 5.91 Å². The number of rotatable bonds is 5. The Morgan fingerprint density at radius 1 is 1.47 bits per heavy atom. The second-order valence-electron chi connectivity index (χ2n) is 4.74. The SMILES string of the molecule is CC(O)C(=O)N(C)CCCc1nc2ccccc2[nH]1. The zero-order chi connectivity index (χ0) is 13.8. The largest absolute Gasteiger partial charge is 0.384 e. The van der Waals surface area contributed by atoms with Crippen LogP contribution in [0.5, 0.6) is 0 Å². The number of H-pyrrole nitrogens is 1. The molecule has 0 aliphatic carbocycles. The molecule has 0 bridgehead atoms. The smallest absolute Gasteiger partial charge is 0.250 e. The van der Waals surface area contributed by atoms with E-state index in [0.29, 0.717) is 6.54 Å². The molecule has 2 aromatic rings. The topological polar surface area (TPSA) is 69.2 Å². The number of aryl methyl sites for hydroxylation is 1. The van der Waals surface area contributed by atoms with Crippen molar-refractivity contribution in [3.8, 4) is 0 Å². The standard InChI is InChI=1S/C14H19N3O2/c1-10(18)14(19)17(2)9-5-8-13-15-11-6-3-4-7-12(11)16-13/h3-4,6-7,10,18H,5,8-9H2,1-2H3,(H,15,16). The van der Waals surface area contributed by atoms with Crippen molar-refractivity contribution in [1.82, 2.24) is 14.9 Å². The van der Waals surface area contributed by atoms with Gasteiger partial charge in [0.15, 0.2) is 0 Å². The van der Waals surface area contributed by atoms with E-state index in [1.165, 1.54) is 6.92 Å². The fraction of sp³-hybridized carbons (Fsp3) is 0.429. The van der Waals surface area contributed by atoms with E-state index in [1.54, 1.807) is 11.9 Å². The number of para-hydroxylation sites is 2. The zero-order valence-electron chi connectivity index (χ0n) is 11.3. The van der Waals surface area contributed by atoms with Gasteiger partial charge in [-0.05, 0) is 25.5 Å². The van der Waals surface area contributed by atoms with Crippen LogP contribution in [-0.4, -0.2) is 45.6 Å². The number of benzene rings is 1. The molecule has 5 heteroatoms. The first-order valence-electron chi connectivity index (χ1n) is 6.44. The van der Waals surface area contributed by atoms with E-state index >= 15 is 0 Å². The second kappa shape index (κ2) is 5.84. The zero-order valence-corrected chi connectivity index (χ0v) is 11.3. The lowest BCUT2D eigenvalue weighted by molar-refractivity contribution is -0.137. The molecule has 0 radical (unpaired) electrons. The maximum absolute atomic E-state index is 11.5. The highest BCUT2D eigenvalue weighted by Gasteiger charge is 2.13. The summed E-state index contributed by atoms with van der Waals surface area (Å²) in [5, 5.41) is 9.19. The quantitative estimate of drug-likeness (QED) is 0.853. The van der Waals surface area contributed by atoms with E-state index in [9.17, 15) is 9.90 Å². The van der Waals surface area contributed by atoms with Crippen molar-refractivity contribution < 1.29 is 9.90 Å². The van der Waals surface area contributed by atoms with Crippen LogP contribution in [0.25, 0.3) is 11.0 Å². The highest BCUT2D eigenvalue weighted by Crippen LogP contribution is 2.11. The molecule has 0 fully saturated rings. The molecule has 0 saturated heterocycles. The number of likely N-dealkylation sites (N-methyl/N-ethyl adjacent to an activating group) is 1. The molecule has 0 aliphatic rings. The van der Waals surface area contributed by atoms with Gasteiger partial charge in [-0.2, -0.15) is 0 Å². The highest BCUT2D eigenvalue weighted by molar-refractivity contribution is 5.79. The fourth-order valence-corrected chi connectivity index (χ4v) is 2.04. The molecule has 1 unspecified atom stereocenters. The molecule has 102 valence electrons. The van der Waals surface area contributed by atoms with Gasteiger partial charge < -0.3 is 15.0 Å². The van der Waals surface area contributed by atoms with Gasteiger partial charge in [0, 0.05) is 20.0 Å². The first-order valence-corrected chi connectivity index (χ1v) is 6.44. The Hall–Kier alpha value is -1.88. The van der Waals surface area contributed by atoms with Crippen molar-refractivity contribution in [1.29, 1.82) is 0 Å². The van der Waals surface area contributed by atoms with Gasteiger partial charge in [-0.1, -0.05) is 12.1 Å². The predicted octanol–water partition coefficient (Wildman–Crippen LogP) is 1.33. The number of aliphatic hydroxyl groups excluding tert-OH is 1. The Morgan fingerprint density at radius 2 is 2.21 bits per heavy atom. The molecule has 1 aromatic carbocycles. The molecule has 0 aliphatic heterocycles. The summed E-state index contributed by atoms with van der Waals surface area (Å²) in [6.45, 7) is 2.10. The third-order valence-corrected chi connectivity index (χ3v) is 3.08. The molecular weight excluding hydrogens is 242 g/mol. The summed E-state index contributed by atoms with van der Waals surface area (Å²) in [6, 6.07) is 7.90. The predicted molar refractivity (Wildman–Crippen MR) is 73.7 cm³/mol. The number of aromatic nitrogens is 2. The van der Waals surface area contributed by atoms with Crippen LogP contribution < -0.4 is 0 Å². The van der Waals surface area contributed by atoms with Crippen LogP contribution in [0.2, 0.25) is 0 Å². The molecule has 2 rings (SSSR count). The van der Waals surface area contributed by atoms with Gasteiger partial charge in [0.1, 0.15) is 11.9 Å². The minimum absolute atomic E-state index is 0.246. The number of hydrogen-bond donors (Lipinski definition) is 2. The normalized spacial score (nSPS) is 12.6. The number of carbonyl (C=O) groups excluding carboxylic acids is 1. The van der Waals surface area contributed by atoms with E-state index in [1.807, 2.05) is 24.3 Å². The van der Waals surface area contributed by atoms with E-state index in [2.05, 4.69) is 9.97 Å². The number of aliphatic hydroxyl groups is 1. The number of imidazole rings is 1. The van der Waals surface area contributed by atoms with Crippen LogP contribution in [0.1, 0.15) is 19.2 Å². The summed E-state index contributed by atoms with van der Waals surface area (Å²) in [5.41, 5.74) is 2.00. The number of aromatic amines is 1. The van der Waals surface area contributed by atoms with Crippen LogP contribution in [-0.2, 0) is 11.2 Å². The number of carbonyl (C=O) groups is 1. The van der Waals surface area contributed by atoms with Crippen LogP contribution in [0.15, 0.2) is 24.3 Å². The number of nitrogens with one attached hydrogen (secondary N) is 1. The summed E-state index contributed by atoms with van der Waals surface area (Å²) in [6.07, 6.45) is 0.664. The van der Waals surface area contributed by atoms with E-state index < -0.39 is 6.10 Å². The van der Waals surface area contributed by atoms with Gasteiger partial charge >= 0.3 is 0 Å². The maximum atomic E-state index is 11.5. The van der Waals surface area contributed by atoms with Crippen molar-refractivity contribution in [2.75, 3.05) is 13.6 Å². The first-order chi connectivity index (χ1) is 9.08. The Bertz CT molecular complexity index is 530. The Morgan fingerprint density at radius 3 is 2.89 bits per heavy atom. The lowest BCUT2D eigenvalue weighted by atomic mass is 10.2.